The molecule has 0 aromatic heterocycles. The van der Waals surface area contributed by atoms with Gasteiger partial charge in [-0.3, -0.25) is 9.59 Å². The summed E-state index contributed by atoms with van der Waals surface area (Å²) in [7, 11) is 0. The fraction of sp³-hybridized carbons (Fsp3) is 0.385. The number of benzene rings is 1. The molecule has 0 bridgehead atoms. The van der Waals surface area contributed by atoms with Gasteiger partial charge in [0.25, 0.3) is 5.91 Å². The van der Waals surface area contributed by atoms with E-state index in [4.69, 9.17) is 0 Å². The smallest absolute Gasteiger partial charge is 0.253 e. The molecule has 1 aromatic carbocycles. The fourth-order valence-electron chi connectivity index (χ4n) is 2.17. The summed E-state index contributed by atoms with van der Waals surface area (Å²) < 4.78 is 0. The minimum atomic E-state index is -0.0494. The Morgan fingerprint density at radius 1 is 1.44 bits per heavy atom. The molecule has 18 heavy (non-hydrogen) atoms. The molecule has 0 aliphatic carbocycles. The van der Waals surface area contributed by atoms with Gasteiger partial charge >= 0.3 is 0 Å². The van der Waals surface area contributed by atoms with Gasteiger partial charge in [-0.25, -0.2) is 0 Å². The number of hydrogen-bond donors (Lipinski definition) is 2. The van der Waals surface area contributed by atoms with Gasteiger partial charge in [-0.2, -0.15) is 0 Å². The number of nitrogens with one attached hydrogen (secondary N) is 1. The molecule has 1 fully saturated rings. The second-order valence-corrected chi connectivity index (χ2v) is 5.00. The van der Waals surface area contributed by atoms with Crippen molar-refractivity contribution < 1.29 is 9.59 Å². The van der Waals surface area contributed by atoms with E-state index < -0.39 is 0 Å². The molecule has 2 rings (SSSR count). The summed E-state index contributed by atoms with van der Waals surface area (Å²) in [6, 6.07) is 7.27. The number of carbonyl (C=O) groups is 2. The molecule has 0 radical (unpaired) electrons. The number of thiol groups is 1. The maximum Gasteiger partial charge on any atom is 0.253 e. The highest BCUT2D eigenvalue weighted by atomic mass is 32.1. The average molecular weight is 264 g/mol. The molecular weight excluding hydrogens is 248 g/mol. The van der Waals surface area contributed by atoms with Crippen molar-refractivity contribution >= 4 is 24.4 Å². The van der Waals surface area contributed by atoms with Gasteiger partial charge in [-0.1, -0.05) is 6.07 Å². The first-order valence-electron chi connectivity index (χ1n) is 5.91. The number of carbonyl (C=O) groups excluding carboxylic acids is 2. The van der Waals surface area contributed by atoms with Crippen molar-refractivity contribution in [2.45, 2.75) is 24.3 Å². The maximum atomic E-state index is 12.2. The van der Waals surface area contributed by atoms with Crippen molar-refractivity contribution in [1.82, 2.24) is 10.2 Å². The molecule has 1 N–H and O–H groups in total. The highest BCUT2D eigenvalue weighted by molar-refractivity contribution is 7.80. The molecule has 1 atom stereocenters. The fourth-order valence-corrected chi connectivity index (χ4v) is 2.40. The largest absolute Gasteiger partial charge is 0.352 e. The summed E-state index contributed by atoms with van der Waals surface area (Å²) in [6.45, 7) is 2.75. The van der Waals surface area contributed by atoms with E-state index in [0.29, 0.717) is 18.7 Å². The molecule has 0 spiro atoms. The summed E-state index contributed by atoms with van der Waals surface area (Å²) in [5, 5.41) is 2.84. The number of rotatable bonds is 2. The highest BCUT2D eigenvalue weighted by Crippen LogP contribution is 2.16. The lowest BCUT2D eigenvalue weighted by atomic mass is 10.2. The summed E-state index contributed by atoms with van der Waals surface area (Å²) in [6.07, 6.45) is 0.811. The van der Waals surface area contributed by atoms with Crippen molar-refractivity contribution in [1.29, 1.82) is 0 Å². The van der Waals surface area contributed by atoms with Crippen LogP contribution < -0.4 is 5.32 Å². The topological polar surface area (TPSA) is 49.4 Å². The van der Waals surface area contributed by atoms with Gasteiger partial charge in [0.05, 0.1) is 0 Å². The van der Waals surface area contributed by atoms with Crippen LogP contribution in [0.25, 0.3) is 0 Å². The SMILES string of the molecule is CC(=O)NC1CCN(C(=O)c2cccc(S)c2)C1. The Morgan fingerprint density at radius 3 is 2.89 bits per heavy atom. The molecule has 1 unspecified atom stereocenters. The van der Waals surface area contributed by atoms with E-state index in [-0.39, 0.29) is 17.9 Å². The van der Waals surface area contributed by atoms with Crippen LogP contribution in [0.5, 0.6) is 0 Å². The van der Waals surface area contributed by atoms with Crippen LogP contribution in [0.15, 0.2) is 29.2 Å². The van der Waals surface area contributed by atoms with Crippen molar-refractivity contribution in [3.05, 3.63) is 29.8 Å². The molecule has 2 amide bonds. The number of amides is 2. The average Bonchev–Trinajstić information content (AvgIpc) is 2.75. The quantitative estimate of drug-likeness (QED) is 0.792. The Labute approximate surface area is 112 Å². The summed E-state index contributed by atoms with van der Waals surface area (Å²) in [4.78, 5) is 25.7. The van der Waals surface area contributed by atoms with Crippen LogP contribution in [0.4, 0.5) is 0 Å². The number of likely N-dealkylation sites (tertiary alicyclic amines) is 1. The minimum Gasteiger partial charge on any atom is -0.352 e. The first-order chi connectivity index (χ1) is 8.56. The van der Waals surface area contributed by atoms with Crippen molar-refractivity contribution in [2.24, 2.45) is 0 Å². The monoisotopic (exact) mass is 264 g/mol. The summed E-state index contributed by atoms with van der Waals surface area (Å²) in [5.74, 6) is -0.0505. The molecule has 1 aliphatic heterocycles. The zero-order valence-electron chi connectivity index (χ0n) is 10.2. The molecule has 1 heterocycles. The van der Waals surface area contributed by atoms with Gasteiger partial charge in [0.2, 0.25) is 5.91 Å². The van der Waals surface area contributed by atoms with E-state index in [1.165, 1.54) is 6.92 Å². The Balaban J connectivity index is 2.01. The predicted octanol–water partition coefficient (Wildman–Crippen LogP) is 1.33. The molecule has 4 nitrogen and oxygen atoms in total. The first-order valence-corrected chi connectivity index (χ1v) is 6.36. The van der Waals surface area contributed by atoms with Crippen molar-refractivity contribution in [2.75, 3.05) is 13.1 Å². The van der Waals surface area contributed by atoms with Crippen LogP contribution in [0.2, 0.25) is 0 Å². The molecule has 1 aliphatic rings. The third kappa shape index (κ3) is 3.04. The van der Waals surface area contributed by atoms with Crippen LogP contribution in [0.1, 0.15) is 23.7 Å². The normalized spacial score (nSPS) is 18.8. The van der Waals surface area contributed by atoms with Crippen LogP contribution in [-0.4, -0.2) is 35.8 Å². The lowest BCUT2D eigenvalue weighted by molar-refractivity contribution is -0.119. The highest BCUT2D eigenvalue weighted by Gasteiger charge is 2.27. The van der Waals surface area contributed by atoms with Gasteiger partial charge in [0, 0.05) is 36.5 Å². The standard InChI is InChI=1S/C13H16N2O2S/c1-9(16)14-11-5-6-15(8-11)13(17)10-3-2-4-12(18)7-10/h2-4,7,11,18H,5-6,8H2,1H3,(H,14,16). The van der Waals surface area contributed by atoms with E-state index >= 15 is 0 Å². The first kappa shape index (κ1) is 13.0. The number of hydrogen-bond acceptors (Lipinski definition) is 3. The lowest BCUT2D eigenvalue weighted by Gasteiger charge is -2.17. The zero-order chi connectivity index (χ0) is 13.1. The molecular formula is C13H16N2O2S. The van der Waals surface area contributed by atoms with E-state index in [1.54, 1.807) is 17.0 Å². The van der Waals surface area contributed by atoms with Gasteiger partial charge < -0.3 is 10.2 Å². The Hall–Kier alpha value is -1.49. The van der Waals surface area contributed by atoms with Crippen LogP contribution >= 0.6 is 12.6 Å². The predicted molar refractivity (Wildman–Crippen MR) is 71.8 cm³/mol. The lowest BCUT2D eigenvalue weighted by Crippen LogP contribution is -2.37. The minimum absolute atomic E-state index is 0.00116. The molecule has 1 aromatic rings. The Bertz CT molecular complexity index is 476. The number of nitrogens with zero attached hydrogens (tertiary/aromatic N) is 1. The molecule has 96 valence electrons. The van der Waals surface area contributed by atoms with Crippen molar-refractivity contribution in [3.8, 4) is 0 Å². The summed E-state index contributed by atoms with van der Waals surface area (Å²) in [5.41, 5.74) is 0.644. The second kappa shape index (κ2) is 5.44. The second-order valence-electron chi connectivity index (χ2n) is 4.49. The van der Waals surface area contributed by atoms with E-state index in [0.717, 1.165) is 11.3 Å². The molecule has 5 heteroatoms. The van der Waals surface area contributed by atoms with Gasteiger partial charge in [0.1, 0.15) is 0 Å². The zero-order valence-corrected chi connectivity index (χ0v) is 11.1. The van der Waals surface area contributed by atoms with E-state index in [2.05, 4.69) is 17.9 Å². The van der Waals surface area contributed by atoms with Gasteiger partial charge in [0.15, 0.2) is 0 Å². The molecule has 1 saturated heterocycles. The van der Waals surface area contributed by atoms with Crippen molar-refractivity contribution in [3.63, 3.8) is 0 Å². The van der Waals surface area contributed by atoms with Crippen LogP contribution in [-0.2, 0) is 4.79 Å². The van der Waals surface area contributed by atoms with Crippen LogP contribution in [0, 0.1) is 0 Å². The Kier molecular flexibility index (Phi) is 3.91. The van der Waals surface area contributed by atoms with Gasteiger partial charge in [-0.15, -0.1) is 12.6 Å². The molecule has 0 saturated carbocycles. The van der Waals surface area contributed by atoms with E-state index in [9.17, 15) is 9.59 Å². The van der Waals surface area contributed by atoms with Gasteiger partial charge in [-0.05, 0) is 24.6 Å². The summed E-state index contributed by atoms with van der Waals surface area (Å²) >= 11 is 4.23. The van der Waals surface area contributed by atoms with Crippen LogP contribution in [0.3, 0.4) is 0 Å². The maximum absolute atomic E-state index is 12.2. The van der Waals surface area contributed by atoms with E-state index in [1.807, 2.05) is 12.1 Å². The third-order valence-electron chi connectivity index (χ3n) is 2.98. The third-order valence-corrected chi connectivity index (χ3v) is 3.25. The Morgan fingerprint density at radius 2 is 2.22 bits per heavy atom.